The Kier molecular flexibility index (Phi) is 7.12. The number of methoxy groups -OCH3 is 1. The van der Waals surface area contributed by atoms with Gasteiger partial charge >= 0.3 is 0 Å². The lowest BCUT2D eigenvalue weighted by Crippen LogP contribution is -2.76. The van der Waals surface area contributed by atoms with Crippen LogP contribution in [0.3, 0.4) is 0 Å². The van der Waals surface area contributed by atoms with Crippen molar-refractivity contribution in [3.63, 3.8) is 0 Å². The Morgan fingerprint density at radius 2 is 1.75 bits per heavy atom. The molecule has 2 aliphatic rings. The Morgan fingerprint density at radius 3 is 2.44 bits per heavy atom. The quantitative estimate of drug-likeness (QED) is 0.334. The Bertz CT molecular complexity index is 1270. The summed E-state index contributed by atoms with van der Waals surface area (Å²) in [4.78, 5) is 2.56. The summed E-state index contributed by atoms with van der Waals surface area (Å²) < 4.78 is 18.8. The lowest BCUT2D eigenvalue weighted by Gasteiger charge is -2.47. The number of nitrogens with zero attached hydrogens (tertiary/aromatic N) is 1. The van der Waals surface area contributed by atoms with Gasteiger partial charge in [-0.25, -0.2) is 4.39 Å². The highest BCUT2D eigenvalue weighted by Gasteiger charge is 2.43. The molecule has 4 nitrogen and oxygen atoms in total. The fourth-order valence-corrected chi connectivity index (χ4v) is 5.64. The van der Waals surface area contributed by atoms with Gasteiger partial charge in [0.1, 0.15) is 23.0 Å². The number of nitrogens with one attached hydrogen (secondary N) is 1. The molecule has 0 amide bonds. The molecular formula is C31H33FN3O+. The normalized spacial score (nSPS) is 20.0. The van der Waals surface area contributed by atoms with E-state index in [9.17, 15) is 4.39 Å². The van der Waals surface area contributed by atoms with Crippen molar-refractivity contribution in [3.05, 3.63) is 119 Å². The number of hydrogen-bond acceptors (Lipinski definition) is 3. The van der Waals surface area contributed by atoms with Crippen LogP contribution < -0.4 is 10.1 Å². The first kappa shape index (κ1) is 24.2. The van der Waals surface area contributed by atoms with E-state index >= 15 is 0 Å². The van der Waals surface area contributed by atoms with Gasteiger partial charge in [0.05, 0.1) is 7.11 Å². The number of fused-ring (bicyclic) bond motifs is 1. The molecular weight excluding hydrogens is 449 g/mol. The maximum Gasteiger partial charge on any atom is 0.139 e. The lowest BCUT2D eigenvalue weighted by atomic mass is 9.65. The second-order valence-electron chi connectivity index (χ2n) is 9.92. The van der Waals surface area contributed by atoms with Crippen LogP contribution in [0.1, 0.15) is 24.0 Å². The van der Waals surface area contributed by atoms with E-state index in [1.165, 1.54) is 35.0 Å². The van der Waals surface area contributed by atoms with E-state index in [0.717, 1.165) is 61.6 Å². The van der Waals surface area contributed by atoms with Gasteiger partial charge in [0.25, 0.3) is 0 Å². The first-order valence-electron chi connectivity index (χ1n) is 12.5. The zero-order valence-electron chi connectivity index (χ0n) is 20.7. The molecule has 0 radical (unpaired) electrons. The molecule has 1 aliphatic carbocycles. The molecule has 0 aromatic heterocycles. The summed E-state index contributed by atoms with van der Waals surface area (Å²) >= 11 is 0. The number of halogens is 1. The largest absolute Gasteiger partial charge is 0.497 e. The number of nitrogens with two attached hydrogens (primary N) is 1. The highest BCUT2D eigenvalue weighted by molar-refractivity contribution is 5.78. The van der Waals surface area contributed by atoms with Crippen molar-refractivity contribution < 1.29 is 14.4 Å². The van der Waals surface area contributed by atoms with Gasteiger partial charge < -0.3 is 10.1 Å². The minimum Gasteiger partial charge on any atom is -0.497 e. The van der Waals surface area contributed by atoms with Gasteiger partial charge in [-0.15, -0.1) is 0 Å². The highest BCUT2D eigenvalue weighted by Crippen LogP contribution is 2.46. The smallest absolute Gasteiger partial charge is 0.139 e. The van der Waals surface area contributed by atoms with Crippen LogP contribution in [0.25, 0.3) is 0 Å². The first-order chi connectivity index (χ1) is 17.6. The number of likely N-dealkylation sites (tertiary alicyclic amines) is 1. The van der Waals surface area contributed by atoms with Crippen LogP contribution >= 0.6 is 0 Å². The molecule has 1 heterocycles. The SMILES string of the molecule is COc1ccc(CC23CC(C=N)=C([NH2+]c4ccc(F)cc4)C=C2CCN(Cc2ccccc2)C3)cc1. The molecule has 3 aromatic rings. The van der Waals surface area contributed by atoms with E-state index in [1.807, 2.05) is 12.1 Å². The van der Waals surface area contributed by atoms with Crippen molar-refractivity contribution in [2.75, 3.05) is 20.2 Å². The van der Waals surface area contributed by atoms with Crippen molar-refractivity contribution in [1.29, 1.82) is 5.41 Å². The van der Waals surface area contributed by atoms with Crippen molar-refractivity contribution in [2.24, 2.45) is 5.41 Å². The second kappa shape index (κ2) is 10.6. The predicted octanol–water partition coefficient (Wildman–Crippen LogP) is 5.40. The summed E-state index contributed by atoms with van der Waals surface area (Å²) in [6.45, 7) is 2.88. The van der Waals surface area contributed by atoms with Crippen LogP contribution in [0.15, 0.2) is 102 Å². The molecule has 0 spiro atoms. The Labute approximate surface area is 212 Å². The highest BCUT2D eigenvalue weighted by atomic mass is 19.1. The molecule has 0 saturated carbocycles. The molecule has 3 N–H and O–H groups in total. The molecule has 5 rings (SSSR count). The topological polar surface area (TPSA) is 52.9 Å². The summed E-state index contributed by atoms with van der Waals surface area (Å²) in [6.07, 6.45) is 6.53. The van der Waals surface area contributed by atoms with Gasteiger partial charge in [0, 0.05) is 49.0 Å². The molecule has 1 unspecified atom stereocenters. The number of ether oxygens (including phenoxy) is 1. The second-order valence-corrected chi connectivity index (χ2v) is 9.92. The van der Waals surface area contributed by atoms with Crippen molar-refractivity contribution >= 4 is 11.9 Å². The van der Waals surface area contributed by atoms with E-state index in [-0.39, 0.29) is 11.2 Å². The number of quaternary nitrogens is 1. The van der Waals surface area contributed by atoms with E-state index in [0.29, 0.717) is 0 Å². The van der Waals surface area contributed by atoms with E-state index in [4.69, 9.17) is 10.1 Å². The predicted molar refractivity (Wildman–Crippen MR) is 142 cm³/mol. The fraction of sp³-hybridized carbons (Fsp3) is 0.258. The van der Waals surface area contributed by atoms with Crippen LogP contribution in [0.2, 0.25) is 0 Å². The zero-order chi connectivity index (χ0) is 25.0. The van der Waals surface area contributed by atoms with Gasteiger partial charge in [-0.2, -0.15) is 0 Å². The van der Waals surface area contributed by atoms with Crippen LogP contribution in [-0.4, -0.2) is 31.3 Å². The van der Waals surface area contributed by atoms with Crippen LogP contribution in [0, 0.1) is 16.6 Å². The molecule has 36 heavy (non-hydrogen) atoms. The minimum atomic E-state index is -0.236. The average Bonchev–Trinajstić information content (AvgIpc) is 2.91. The van der Waals surface area contributed by atoms with Gasteiger partial charge in [0.2, 0.25) is 0 Å². The minimum absolute atomic E-state index is 0.0748. The first-order valence-corrected chi connectivity index (χ1v) is 12.5. The molecule has 1 fully saturated rings. The standard InChI is InChI=1S/C31H32FN3O/c1-36-29-13-7-23(8-14-29)18-31-19-25(20-33)30(34-28-11-9-27(32)10-12-28)17-26(31)15-16-35(22-31)21-24-5-3-2-4-6-24/h2-14,17,20,33-34H,15-16,18-19,21-22H2,1H3/p+1. The third kappa shape index (κ3) is 5.32. The summed E-state index contributed by atoms with van der Waals surface area (Å²) in [5, 5.41) is 10.3. The number of benzene rings is 3. The number of rotatable bonds is 8. The number of allylic oxidation sites excluding steroid dienone is 2. The average molecular weight is 483 g/mol. The van der Waals surface area contributed by atoms with Gasteiger partial charge in [0.15, 0.2) is 0 Å². The summed E-state index contributed by atoms with van der Waals surface area (Å²) in [7, 11) is 1.69. The van der Waals surface area contributed by atoms with Gasteiger partial charge in [-0.3, -0.25) is 10.2 Å². The van der Waals surface area contributed by atoms with Crippen LogP contribution in [0.4, 0.5) is 10.1 Å². The van der Waals surface area contributed by atoms with Crippen molar-refractivity contribution in [1.82, 2.24) is 4.90 Å². The van der Waals surface area contributed by atoms with Crippen LogP contribution in [0.5, 0.6) is 5.75 Å². The van der Waals surface area contributed by atoms with Crippen LogP contribution in [-0.2, 0) is 13.0 Å². The molecule has 1 atom stereocenters. The molecule has 184 valence electrons. The maximum atomic E-state index is 13.4. The molecule has 1 saturated heterocycles. The molecule has 0 bridgehead atoms. The fourth-order valence-electron chi connectivity index (χ4n) is 5.64. The van der Waals surface area contributed by atoms with Gasteiger partial charge in [-0.05, 0) is 60.7 Å². The van der Waals surface area contributed by atoms with Crippen molar-refractivity contribution in [3.8, 4) is 5.75 Å². The van der Waals surface area contributed by atoms with Crippen molar-refractivity contribution in [2.45, 2.75) is 25.8 Å². The third-order valence-corrected chi connectivity index (χ3v) is 7.45. The van der Waals surface area contributed by atoms with E-state index in [1.54, 1.807) is 19.2 Å². The third-order valence-electron chi connectivity index (χ3n) is 7.45. The Hall–Kier alpha value is -3.54. The van der Waals surface area contributed by atoms with E-state index < -0.39 is 0 Å². The lowest BCUT2D eigenvalue weighted by molar-refractivity contribution is -0.513. The Morgan fingerprint density at radius 1 is 1.00 bits per heavy atom. The molecule has 1 aliphatic heterocycles. The van der Waals surface area contributed by atoms with E-state index in [2.05, 4.69) is 58.8 Å². The maximum absolute atomic E-state index is 13.4. The van der Waals surface area contributed by atoms with Gasteiger partial charge in [-0.1, -0.05) is 48.0 Å². The summed E-state index contributed by atoms with van der Waals surface area (Å²) in [5.41, 5.74) is 7.02. The molecule has 5 heteroatoms. The number of hydrogen-bond donors (Lipinski definition) is 2. The monoisotopic (exact) mass is 482 g/mol. The zero-order valence-corrected chi connectivity index (χ0v) is 20.7. The summed E-state index contributed by atoms with van der Waals surface area (Å²) in [6, 6.07) is 25.6. The molecule has 3 aromatic carbocycles. The summed E-state index contributed by atoms with van der Waals surface area (Å²) in [5.74, 6) is 0.626. The number of piperidine rings is 1. The Balaban J connectivity index is 1.46.